The van der Waals surface area contributed by atoms with Crippen LogP contribution in [-0.4, -0.2) is 5.91 Å². The predicted molar refractivity (Wildman–Crippen MR) is 78.1 cm³/mol. The third-order valence-electron chi connectivity index (χ3n) is 2.95. The largest absolute Gasteiger partial charge is 0.370 e. The van der Waals surface area contributed by atoms with Gasteiger partial charge in [0.25, 0.3) is 0 Å². The molecule has 3 nitrogen and oxygen atoms in total. The van der Waals surface area contributed by atoms with E-state index in [4.69, 9.17) is 17.3 Å². The van der Waals surface area contributed by atoms with Crippen molar-refractivity contribution in [1.29, 1.82) is 0 Å². The van der Waals surface area contributed by atoms with E-state index in [1.54, 1.807) is 30.3 Å². The molecule has 0 aliphatic rings. The van der Waals surface area contributed by atoms with Crippen LogP contribution in [0.5, 0.6) is 0 Å². The van der Waals surface area contributed by atoms with Gasteiger partial charge in [-0.1, -0.05) is 29.8 Å². The van der Waals surface area contributed by atoms with Crippen LogP contribution in [0.15, 0.2) is 42.5 Å². The molecule has 0 heterocycles. The van der Waals surface area contributed by atoms with Crippen LogP contribution in [0.25, 0.3) is 0 Å². The van der Waals surface area contributed by atoms with E-state index >= 15 is 0 Å². The highest BCUT2D eigenvalue weighted by Crippen LogP contribution is 2.24. The number of carbonyl (C=O) groups is 1. The Bertz CT molecular complexity index is 646. The van der Waals surface area contributed by atoms with Gasteiger partial charge < -0.3 is 11.1 Å². The summed E-state index contributed by atoms with van der Waals surface area (Å²) >= 11 is 6.05. The zero-order chi connectivity index (χ0) is 14.7. The first-order valence-corrected chi connectivity index (χ1v) is 6.42. The lowest BCUT2D eigenvalue weighted by Crippen LogP contribution is -2.27. The Morgan fingerprint density at radius 3 is 2.65 bits per heavy atom. The molecule has 0 saturated carbocycles. The van der Waals surface area contributed by atoms with Crippen LogP contribution in [0.4, 0.5) is 10.1 Å². The fourth-order valence-corrected chi connectivity index (χ4v) is 2.04. The molecule has 0 fully saturated rings. The summed E-state index contributed by atoms with van der Waals surface area (Å²) in [6, 6.07) is 10.3. The highest BCUT2D eigenvalue weighted by atomic mass is 35.5. The van der Waals surface area contributed by atoms with Gasteiger partial charge in [0.1, 0.15) is 11.9 Å². The fraction of sp³-hybridized carbons (Fsp3) is 0.133. The van der Waals surface area contributed by atoms with E-state index in [9.17, 15) is 9.18 Å². The van der Waals surface area contributed by atoms with Crippen LogP contribution in [0, 0.1) is 12.7 Å². The molecule has 0 aliphatic carbocycles. The number of primary amides is 1. The number of rotatable bonds is 4. The average molecular weight is 293 g/mol. The van der Waals surface area contributed by atoms with E-state index in [2.05, 4.69) is 5.32 Å². The number of amides is 1. The summed E-state index contributed by atoms with van der Waals surface area (Å²) in [5, 5.41) is 3.46. The van der Waals surface area contributed by atoms with Gasteiger partial charge >= 0.3 is 0 Å². The lowest BCUT2D eigenvalue weighted by molar-refractivity contribution is -0.118. The molecule has 2 aromatic rings. The highest BCUT2D eigenvalue weighted by Gasteiger charge is 2.18. The van der Waals surface area contributed by atoms with Gasteiger partial charge in [0.15, 0.2) is 0 Å². The number of aryl methyl sites for hydroxylation is 1. The molecule has 0 radical (unpaired) electrons. The number of carbonyl (C=O) groups excluding carboxylic acids is 1. The summed E-state index contributed by atoms with van der Waals surface area (Å²) in [5.41, 5.74) is 7.43. The molecule has 1 atom stereocenters. The van der Waals surface area contributed by atoms with Gasteiger partial charge in [-0.15, -0.1) is 0 Å². The van der Waals surface area contributed by atoms with Gasteiger partial charge in [0.2, 0.25) is 5.91 Å². The standard InChI is InChI=1S/C15H14ClFN2O/c1-9-5-6-10(7-13(9)16)14(15(18)20)19-12-4-2-3-11(17)8-12/h2-8,14,19H,1H3,(H2,18,20). The minimum Gasteiger partial charge on any atom is -0.370 e. The highest BCUT2D eigenvalue weighted by molar-refractivity contribution is 6.31. The van der Waals surface area contributed by atoms with E-state index in [1.807, 2.05) is 6.92 Å². The molecule has 20 heavy (non-hydrogen) atoms. The van der Waals surface area contributed by atoms with E-state index in [1.165, 1.54) is 12.1 Å². The summed E-state index contributed by atoms with van der Waals surface area (Å²) < 4.78 is 13.2. The van der Waals surface area contributed by atoms with Crippen LogP contribution in [0.2, 0.25) is 5.02 Å². The maximum absolute atomic E-state index is 13.2. The van der Waals surface area contributed by atoms with Gasteiger partial charge in [-0.25, -0.2) is 4.39 Å². The normalized spacial score (nSPS) is 11.9. The summed E-state index contributed by atoms with van der Waals surface area (Å²) in [6.07, 6.45) is 0. The first-order chi connectivity index (χ1) is 9.47. The fourth-order valence-electron chi connectivity index (χ4n) is 1.85. The van der Waals surface area contributed by atoms with E-state index in [-0.39, 0.29) is 5.82 Å². The van der Waals surface area contributed by atoms with Gasteiger partial charge in [0.05, 0.1) is 0 Å². The van der Waals surface area contributed by atoms with Gasteiger partial charge in [-0.3, -0.25) is 4.79 Å². The maximum Gasteiger partial charge on any atom is 0.244 e. The monoisotopic (exact) mass is 292 g/mol. The predicted octanol–water partition coefficient (Wildman–Crippen LogP) is 3.43. The Balaban J connectivity index is 2.32. The number of benzene rings is 2. The van der Waals surface area contributed by atoms with Crippen LogP contribution in [0.3, 0.4) is 0 Å². The first-order valence-electron chi connectivity index (χ1n) is 6.05. The maximum atomic E-state index is 13.2. The molecule has 0 bridgehead atoms. The molecule has 0 saturated heterocycles. The van der Waals surface area contributed by atoms with Gasteiger partial charge in [-0.2, -0.15) is 0 Å². The quantitative estimate of drug-likeness (QED) is 0.907. The smallest absolute Gasteiger partial charge is 0.244 e. The van der Waals surface area contributed by atoms with Gasteiger partial charge in [0, 0.05) is 10.7 Å². The molecule has 0 spiro atoms. The second kappa shape index (κ2) is 5.92. The molecule has 3 N–H and O–H groups in total. The van der Waals surface area contributed by atoms with E-state index in [0.29, 0.717) is 16.3 Å². The first kappa shape index (κ1) is 14.3. The van der Waals surface area contributed by atoms with Crippen molar-refractivity contribution >= 4 is 23.2 Å². The molecular formula is C15H14ClFN2O. The lowest BCUT2D eigenvalue weighted by atomic mass is 10.0. The molecule has 2 aromatic carbocycles. The number of anilines is 1. The Morgan fingerprint density at radius 2 is 2.05 bits per heavy atom. The number of halogens is 2. The van der Waals surface area contributed by atoms with E-state index in [0.717, 1.165) is 5.56 Å². The molecule has 0 aliphatic heterocycles. The molecule has 0 aromatic heterocycles. The Hall–Kier alpha value is -2.07. The summed E-state index contributed by atoms with van der Waals surface area (Å²) in [7, 11) is 0. The number of hydrogen-bond donors (Lipinski definition) is 2. The second-order valence-corrected chi connectivity index (χ2v) is 4.91. The zero-order valence-electron chi connectivity index (χ0n) is 10.9. The van der Waals surface area contributed by atoms with Crippen LogP contribution < -0.4 is 11.1 Å². The van der Waals surface area contributed by atoms with Crippen LogP contribution in [-0.2, 0) is 4.79 Å². The summed E-state index contributed by atoms with van der Waals surface area (Å²) in [6.45, 7) is 1.87. The van der Waals surface area contributed by atoms with Crippen LogP contribution >= 0.6 is 11.6 Å². The Morgan fingerprint density at radius 1 is 1.30 bits per heavy atom. The zero-order valence-corrected chi connectivity index (χ0v) is 11.6. The van der Waals surface area contributed by atoms with Crippen molar-refractivity contribution in [1.82, 2.24) is 0 Å². The van der Waals surface area contributed by atoms with Crippen molar-refractivity contribution in [3.05, 3.63) is 64.4 Å². The molecule has 1 amide bonds. The third kappa shape index (κ3) is 3.27. The van der Waals surface area contributed by atoms with Crippen molar-refractivity contribution < 1.29 is 9.18 Å². The molecule has 2 rings (SSSR count). The minimum absolute atomic E-state index is 0.389. The number of nitrogens with two attached hydrogens (primary N) is 1. The van der Waals surface area contributed by atoms with Crippen molar-refractivity contribution in [2.75, 3.05) is 5.32 Å². The Labute approximate surface area is 121 Å². The summed E-state index contributed by atoms with van der Waals surface area (Å²) in [5.74, 6) is -0.950. The van der Waals surface area contributed by atoms with E-state index < -0.39 is 11.9 Å². The lowest BCUT2D eigenvalue weighted by Gasteiger charge is -2.18. The number of nitrogens with one attached hydrogen (secondary N) is 1. The molecule has 104 valence electrons. The molecular weight excluding hydrogens is 279 g/mol. The summed E-state index contributed by atoms with van der Waals surface area (Å²) in [4.78, 5) is 11.6. The third-order valence-corrected chi connectivity index (χ3v) is 3.36. The second-order valence-electron chi connectivity index (χ2n) is 4.50. The topological polar surface area (TPSA) is 55.1 Å². The van der Waals surface area contributed by atoms with Crippen molar-refractivity contribution in [3.63, 3.8) is 0 Å². The van der Waals surface area contributed by atoms with Crippen LogP contribution in [0.1, 0.15) is 17.2 Å². The van der Waals surface area contributed by atoms with Crippen molar-refractivity contribution in [2.24, 2.45) is 5.73 Å². The van der Waals surface area contributed by atoms with Gasteiger partial charge in [-0.05, 0) is 42.3 Å². The molecule has 1 unspecified atom stereocenters. The van der Waals surface area contributed by atoms with Crippen molar-refractivity contribution in [2.45, 2.75) is 13.0 Å². The van der Waals surface area contributed by atoms with Crippen molar-refractivity contribution in [3.8, 4) is 0 Å². The SMILES string of the molecule is Cc1ccc(C(Nc2cccc(F)c2)C(N)=O)cc1Cl. The number of hydrogen-bond acceptors (Lipinski definition) is 2. The minimum atomic E-state index is -0.769. The molecule has 5 heteroatoms. The Kier molecular flexibility index (Phi) is 4.25. The average Bonchev–Trinajstić information content (AvgIpc) is 2.39.